The van der Waals surface area contributed by atoms with Crippen LogP contribution in [0.1, 0.15) is 11.3 Å². The highest BCUT2D eigenvalue weighted by Crippen LogP contribution is 2.19. The summed E-state index contributed by atoms with van der Waals surface area (Å²) < 4.78 is 2.91. The molecule has 0 aliphatic heterocycles. The van der Waals surface area contributed by atoms with E-state index in [2.05, 4.69) is 33.0 Å². The molecule has 3 rings (SSSR count). The van der Waals surface area contributed by atoms with E-state index in [-0.39, 0.29) is 5.75 Å². The summed E-state index contributed by atoms with van der Waals surface area (Å²) in [6, 6.07) is 11.6. The van der Waals surface area contributed by atoms with Crippen LogP contribution in [0, 0.1) is 0 Å². The van der Waals surface area contributed by atoms with Crippen molar-refractivity contribution >= 4 is 21.6 Å². The van der Waals surface area contributed by atoms with Crippen molar-refractivity contribution in [3.63, 3.8) is 0 Å². The van der Waals surface area contributed by atoms with Crippen LogP contribution in [0.5, 0.6) is 5.75 Å². The molecular formula is C14H11BrN2O. The summed E-state index contributed by atoms with van der Waals surface area (Å²) in [5, 5.41) is 9.70. The zero-order chi connectivity index (χ0) is 12.5. The number of pyridine rings is 1. The SMILES string of the molecule is Oc1cccn2cc(Cc3ccc(Br)cc3)nc12. The predicted molar refractivity (Wildman–Crippen MR) is 73.8 cm³/mol. The Morgan fingerprint density at radius 3 is 2.67 bits per heavy atom. The molecule has 2 aromatic heterocycles. The van der Waals surface area contributed by atoms with E-state index in [0.29, 0.717) is 5.65 Å². The maximum absolute atomic E-state index is 9.70. The smallest absolute Gasteiger partial charge is 0.179 e. The van der Waals surface area contributed by atoms with Gasteiger partial charge in [0.15, 0.2) is 11.4 Å². The molecule has 4 heteroatoms. The van der Waals surface area contributed by atoms with Gasteiger partial charge in [-0.25, -0.2) is 4.98 Å². The van der Waals surface area contributed by atoms with Crippen molar-refractivity contribution in [2.24, 2.45) is 0 Å². The number of halogens is 1. The van der Waals surface area contributed by atoms with Gasteiger partial charge >= 0.3 is 0 Å². The molecule has 0 atom stereocenters. The largest absolute Gasteiger partial charge is 0.504 e. The standard InChI is InChI=1S/C14H11BrN2O/c15-11-5-3-10(4-6-11)8-12-9-17-7-1-2-13(18)14(17)16-12/h1-7,9,18H,8H2. The average molecular weight is 303 g/mol. The number of hydrogen-bond donors (Lipinski definition) is 1. The number of nitrogens with zero attached hydrogens (tertiary/aromatic N) is 2. The lowest BCUT2D eigenvalue weighted by Crippen LogP contribution is -1.87. The van der Waals surface area contributed by atoms with Gasteiger partial charge in [0.2, 0.25) is 0 Å². The second-order valence-electron chi connectivity index (χ2n) is 4.16. The second kappa shape index (κ2) is 4.46. The summed E-state index contributed by atoms with van der Waals surface area (Å²) in [5.41, 5.74) is 2.74. The fourth-order valence-electron chi connectivity index (χ4n) is 1.95. The average Bonchev–Trinajstić information content (AvgIpc) is 2.76. The van der Waals surface area contributed by atoms with E-state index in [1.807, 2.05) is 28.9 Å². The molecule has 3 aromatic rings. The molecule has 0 saturated carbocycles. The van der Waals surface area contributed by atoms with Crippen LogP contribution >= 0.6 is 15.9 Å². The molecule has 0 unspecified atom stereocenters. The molecule has 2 heterocycles. The van der Waals surface area contributed by atoms with Crippen LogP contribution in [0.4, 0.5) is 0 Å². The molecule has 3 nitrogen and oxygen atoms in total. The van der Waals surface area contributed by atoms with Gasteiger partial charge in [-0.05, 0) is 29.8 Å². The summed E-state index contributed by atoms with van der Waals surface area (Å²) in [5.74, 6) is 0.208. The Balaban J connectivity index is 1.95. The molecule has 0 saturated heterocycles. The van der Waals surface area contributed by atoms with Crippen LogP contribution in [-0.2, 0) is 6.42 Å². The van der Waals surface area contributed by atoms with E-state index in [4.69, 9.17) is 0 Å². The first-order chi connectivity index (χ1) is 8.72. The van der Waals surface area contributed by atoms with Gasteiger partial charge in [-0.15, -0.1) is 0 Å². The molecule has 0 fully saturated rings. The van der Waals surface area contributed by atoms with Crippen LogP contribution in [0.15, 0.2) is 53.3 Å². The number of hydrogen-bond acceptors (Lipinski definition) is 2. The van der Waals surface area contributed by atoms with E-state index in [0.717, 1.165) is 16.6 Å². The van der Waals surface area contributed by atoms with Crippen LogP contribution in [0.25, 0.3) is 5.65 Å². The summed E-state index contributed by atoms with van der Waals surface area (Å²) in [6.07, 6.45) is 4.58. The lowest BCUT2D eigenvalue weighted by atomic mass is 10.1. The molecule has 1 aromatic carbocycles. The maximum atomic E-state index is 9.70. The van der Waals surface area contributed by atoms with Gasteiger partial charge in [-0.3, -0.25) is 0 Å². The highest BCUT2D eigenvalue weighted by molar-refractivity contribution is 9.10. The van der Waals surface area contributed by atoms with Gasteiger partial charge in [-0.1, -0.05) is 28.1 Å². The van der Waals surface area contributed by atoms with Crippen molar-refractivity contribution in [3.05, 3.63) is 64.5 Å². The number of rotatable bonds is 2. The second-order valence-corrected chi connectivity index (χ2v) is 5.08. The minimum Gasteiger partial charge on any atom is -0.504 e. The van der Waals surface area contributed by atoms with Crippen LogP contribution in [0.2, 0.25) is 0 Å². The molecule has 18 heavy (non-hydrogen) atoms. The van der Waals surface area contributed by atoms with Crippen molar-refractivity contribution in [2.45, 2.75) is 6.42 Å². The van der Waals surface area contributed by atoms with E-state index < -0.39 is 0 Å². The Kier molecular flexibility index (Phi) is 2.80. The fraction of sp³-hybridized carbons (Fsp3) is 0.0714. The quantitative estimate of drug-likeness (QED) is 0.788. The zero-order valence-electron chi connectivity index (χ0n) is 9.55. The number of imidazole rings is 1. The van der Waals surface area contributed by atoms with Gasteiger partial charge in [-0.2, -0.15) is 0 Å². The molecule has 0 bridgehead atoms. The normalized spacial score (nSPS) is 10.9. The fourth-order valence-corrected chi connectivity index (χ4v) is 2.21. The molecule has 1 N–H and O–H groups in total. The van der Waals surface area contributed by atoms with Gasteiger partial charge in [0.05, 0.1) is 5.69 Å². The first-order valence-electron chi connectivity index (χ1n) is 5.62. The highest BCUT2D eigenvalue weighted by Gasteiger charge is 2.05. The minimum atomic E-state index is 0.208. The van der Waals surface area contributed by atoms with Gasteiger partial charge < -0.3 is 9.51 Å². The van der Waals surface area contributed by atoms with Gasteiger partial charge in [0.25, 0.3) is 0 Å². The summed E-state index contributed by atoms with van der Waals surface area (Å²) >= 11 is 3.42. The highest BCUT2D eigenvalue weighted by atomic mass is 79.9. The van der Waals surface area contributed by atoms with Crippen molar-refractivity contribution in [1.82, 2.24) is 9.38 Å². The molecule has 90 valence electrons. The lowest BCUT2D eigenvalue weighted by Gasteiger charge is -1.97. The molecule has 0 aliphatic rings. The number of aromatic nitrogens is 2. The number of aromatic hydroxyl groups is 1. The van der Waals surface area contributed by atoms with Crippen LogP contribution in [-0.4, -0.2) is 14.5 Å². The summed E-state index contributed by atoms with van der Waals surface area (Å²) in [6.45, 7) is 0. The minimum absolute atomic E-state index is 0.208. The molecule has 0 spiro atoms. The monoisotopic (exact) mass is 302 g/mol. The number of fused-ring (bicyclic) bond motifs is 1. The van der Waals surface area contributed by atoms with E-state index in [9.17, 15) is 5.11 Å². The van der Waals surface area contributed by atoms with Crippen LogP contribution in [0.3, 0.4) is 0 Å². The first kappa shape index (κ1) is 11.3. The van der Waals surface area contributed by atoms with Crippen molar-refractivity contribution in [2.75, 3.05) is 0 Å². The topological polar surface area (TPSA) is 37.5 Å². The van der Waals surface area contributed by atoms with Crippen molar-refractivity contribution < 1.29 is 5.11 Å². The van der Waals surface area contributed by atoms with E-state index in [1.165, 1.54) is 5.56 Å². The lowest BCUT2D eigenvalue weighted by molar-refractivity contribution is 0.477. The Bertz CT molecular complexity index is 689. The number of benzene rings is 1. The van der Waals surface area contributed by atoms with Gasteiger partial charge in [0, 0.05) is 23.3 Å². The molecular weight excluding hydrogens is 292 g/mol. The maximum Gasteiger partial charge on any atom is 0.179 e. The summed E-state index contributed by atoms with van der Waals surface area (Å²) in [7, 11) is 0. The van der Waals surface area contributed by atoms with Gasteiger partial charge in [0.1, 0.15) is 0 Å². The molecule has 0 amide bonds. The first-order valence-corrected chi connectivity index (χ1v) is 6.42. The Morgan fingerprint density at radius 1 is 1.17 bits per heavy atom. The Hall–Kier alpha value is -1.81. The van der Waals surface area contributed by atoms with E-state index in [1.54, 1.807) is 12.1 Å². The Labute approximate surface area is 113 Å². The third-order valence-corrected chi connectivity index (χ3v) is 3.34. The van der Waals surface area contributed by atoms with Crippen molar-refractivity contribution in [1.29, 1.82) is 0 Å². The third kappa shape index (κ3) is 2.11. The Morgan fingerprint density at radius 2 is 1.94 bits per heavy atom. The van der Waals surface area contributed by atoms with Crippen molar-refractivity contribution in [3.8, 4) is 5.75 Å². The zero-order valence-corrected chi connectivity index (χ0v) is 11.1. The van der Waals surface area contributed by atoms with E-state index >= 15 is 0 Å². The predicted octanol–water partition coefficient (Wildman–Crippen LogP) is 3.39. The molecule has 0 aliphatic carbocycles. The van der Waals surface area contributed by atoms with Crippen LogP contribution < -0.4 is 0 Å². The molecule has 0 radical (unpaired) electrons. The third-order valence-electron chi connectivity index (χ3n) is 2.81. The summed E-state index contributed by atoms with van der Waals surface area (Å²) in [4.78, 5) is 4.43.